The molecule has 27 heavy (non-hydrogen) atoms. The quantitative estimate of drug-likeness (QED) is 0.791. The highest BCUT2D eigenvalue weighted by Crippen LogP contribution is 2.31. The summed E-state index contributed by atoms with van der Waals surface area (Å²) in [4.78, 5) is 29.2. The van der Waals surface area contributed by atoms with E-state index in [4.69, 9.17) is 5.73 Å². The van der Waals surface area contributed by atoms with Crippen LogP contribution in [0.2, 0.25) is 0 Å². The molecule has 1 aliphatic rings. The molecule has 2 heterocycles. The van der Waals surface area contributed by atoms with E-state index < -0.39 is 0 Å². The summed E-state index contributed by atoms with van der Waals surface area (Å²) in [6, 6.07) is 7.62. The van der Waals surface area contributed by atoms with Crippen LogP contribution in [0.4, 0.5) is 11.4 Å². The van der Waals surface area contributed by atoms with Crippen molar-refractivity contribution in [3.05, 3.63) is 56.5 Å². The molecule has 0 unspecified atom stereocenters. The molecule has 7 heteroatoms. The number of H-pyrrole nitrogens is 1. The topological polar surface area (TPSA) is 103 Å². The lowest BCUT2D eigenvalue weighted by molar-refractivity contribution is -0.118. The molecule has 0 aliphatic carbocycles. The summed E-state index contributed by atoms with van der Waals surface area (Å²) < 4.78 is 0. The SMILES string of the molecule is Cc1[nH]c(=O)c(C#N)c(C)c1CCC(=O)N1CCCc2c(N)cccc21.Cl. The van der Waals surface area contributed by atoms with Crippen LogP contribution in [0.15, 0.2) is 23.0 Å². The predicted octanol–water partition coefficient (Wildman–Crippen LogP) is 2.78. The number of nitrogen functional groups attached to an aromatic ring is 1. The van der Waals surface area contributed by atoms with Crippen LogP contribution in [-0.4, -0.2) is 17.4 Å². The number of carbonyl (C=O) groups excluding carboxylic acids is 1. The van der Waals surface area contributed by atoms with Crippen molar-refractivity contribution in [2.45, 2.75) is 39.5 Å². The molecule has 142 valence electrons. The third-order valence-corrected chi connectivity index (χ3v) is 5.10. The van der Waals surface area contributed by atoms with Crippen molar-refractivity contribution in [2.75, 3.05) is 17.2 Å². The van der Waals surface area contributed by atoms with Crippen molar-refractivity contribution in [1.29, 1.82) is 5.26 Å². The summed E-state index contributed by atoms with van der Waals surface area (Å²) in [6.07, 6.45) is 2.57. The van der Waals surface area contributed by atoms with Gasteiger partial charge in [-0.05, 0) is 61.9 Å². The number of pyridine rings is 1. The van der Waals surface area contributed by atoms with Crippen molar-refractivity contribution >= 4 is 29.7 Å². The molecule has 6 nitrogen and oxygen atoms in total. The first-order chi connectivity index (χ1) is 12.4. The Morgan fingerprint density at radius 1 is 1.37 bits per heavy atom. The van der Waals surface area contributed by atoms with Gasteiger partial charge >= 0.3 is 0 Å². The average Bonchev–Trinajstić information content (AvgIpc) is 2.61. The number of amides is 1. The van der Waals surface area contributed by atoms with Crippen molar-refractivity contribution in [3.8, 4) is 6.07 Å². The number of halogens is 1. The minimum Gasteiger partial charge on any atom is -0.398 e. The number of hydrogen-bond donors (Lipinski definition) is 2. The van der Waals surface area contributed by atoms with Crippen molar-refractivity contribution in [1.82, 2.24) is 4.98 Å². The van der Waals surface area contributed by atoms with Crippen molar-refractivity contribution in [3.63, 3.8) is 0 Å². The van der Waals surface area contributed by atoms with E-state index in [1.54, 1.807) is 18.7 Å². The molecule has 1 amide bonds. The van der Waals surface area contributed by atoms with Crippen LogP contribution < -0.4 is 16.2 Å². The fourth-order valence-corrected chi connectivity index (χ4v) is 3.70. The van der Waals surface area contributed by atoms with Crippen LogP contribution in [-0.2, 0) is 17.6 Å². The van der Waals surface area contributed by atoms with E-state index in [1.807, 2.05) is 24.3 Å². The molecule has 0 spiro atoms. The maximum absolute atomic E-state index is 12.8. The lowest BCUT2D eigenvalue weighted by atomic mass is 9.97. The Morgan fingerprint density at radius 3 is 2.81 bits per heavy atom. The van der Waals surface area contributed by atoms with E-state index in [9.17, 15) is 14.9 Å². The number of fused-ring (bicyclic) bond motifs is 1. The molecule has 2 aromatic rings. The van der Waals surface area contributed by atoms with Crippen LogP contribution in [0, 0.1) is 25.2 Å². The van der Waals surface area contributed by atoms with Gasteiger partial charge in [0, 0.05) is 30.0 Å². The molecule has 3 rings (SSSR count). The van der Waals surface area contributed by atoms with Crippen LogP contribution in [0.25, 0.3) is 0 Å². The highest BCUT2D eigenvalue weighted by atomic mass is 35.5. The first-order valence-electron chi connectivity index (χ1n) is 8.74. The number of aromatic amines is 1. The molecule has 3 N–H and O–H groups in total. The van der Waals surface area contributed by atoms with E-state index in [-0.39, 0.29) is 29.4 Å². The number of rotatable bonds is 3. The number of nitrogens with two attached hydrogens (primary N) is 1. The zero-order chi connectivity index (χ0) is 18.8. The highest BCUT2D eigenvalue weighted by molar-refractivity contribution is 5.95. The summed E-state index contributed by atoms with van der Waals surface area (Å²) in [6.45, 7) is 4.24. The molecule has 0 bridgehead atoms. The zero-order valence-corrected chi connectivity index (χ0v) is 16.3. The zero-order valence-electron chi connectivity index (χ0n) is 15.5. The van der Waals surface area contributed by atoms with Crippen LogP contribution in [0.5, 0.6) is 0 Å². The third kappa shape index (κ3) is 3.83. The first kappa shape index (κ1) is 20.5. The Balaban J connectivity index is 0.00000261. The van der Waals surface area contributed by atoms with E-state index in [2.05, 4.69) is 4.98 Å². The van der Waals surface area contributed by atoms with E-state index in [1.165, 1.54) is 0 Å². The standard InChI is InChI=1S/C20H22N4O2.ClH/c1-12-14(13(2)23-20(26)16(12)11-21)8-9-19(25)24-10-4-5-15-17(22)6-3-7-18(15)24;/h3,6-7H,4-5,8-10,22H2,1-2H3,(H,23,26);1H. The molecule has 0 saturated carbocycles. The van der Waals surface area contributed by atoms with Gasteiger partial charge in [-0.25, -0.2) is 0 Å². The van der Waals surface area contributed by atoms with Gasteiger partial charge in [0.25, 0.3) is 5.56 Å². The van der Waals surface area contributed by atoms with Gasteiger partial charge in [-0.2, -0.15) is 5.26 Å². The predicted molar refractivity (Wildman–Crippen MR) is 108 cm³/mol. The number of hydrogen-bond acceptors (Lipinski definition) is 4. The van der Waals surface area contributed by atoms with Gasteiger partial charge in [0.1, 0.15) is 11.6 Å². The second-order valence-electron chi connectivity index (χ2n) is 6.66. The second-order valence-corrected chi connectivity index (χ2v) is 6.66. The Hall–Kier alpha value is -2.78. The van der Waals surface area contributed by atoms with Crippen LogP contribution in [0.3, 0.4) is 0 Å². The van der Waals surface area contributed by atoms with E-state index >= 15 is 0 Å². The van der Waals surface area contributed by atoms with E-state index in [0.717, 1.165) is 35.3 Å². The number of anilines is 2. The Kier molecular flexibility index (Phi) is 6.29. The first-order valence-corrected chi connectivity index (χ1v) is 8.74. The molecular formula is C20H23ClN4O2. The number of nitrogens with one attached hydrogen (secondary N) is 1. The average molecular weight is 387 g/mol. The minimum absolute atomic E-state index is 0. The van der Waals surface area contributed by atoms with Gasteiger partial charge in [-0.1, -0.05) is 6.07 Å². The maximum Gasteiger partial charge on any atom is 0.266 e. The third-order valence-electron chi connectivity index (χ3n) is 5.10. The van der Waals surface area contributed by atoms with Gasteiger partial charge in [0.05, 0.1) is 0 Å². The number of aromatic nitrogens is 1. The summed E-state index contributed by atoms with van der Waals surface area (Å²) >= 11 is 0. The Labute approximate surface area is 164 Å². The van der Waals surface area contributed by atoms with Gasteiger partial charge in [-0.15, -0.1) is 12.4 Å². The van der Waals surface area contributed by atoms with Crippen LogP contribution in [0.1, 0.15) is 40.8 Å². The fraction of sp³-hybridized carbons (Fsp3) is 0.350. The molecule has 0 fully saturated rings. The molecule has 0 radical (unpaired) electrons. The number of benzene rings is 1. The summed E-state index contributed by atoms with van der Waals surface area (Å²) in [7, 11) is 0. The summed E-state index contributed by atoms with van der Waals surface area (Å²) in [5.41, 5.74) is 10.7. The van der Waals surface area contributed by atoms with E-state index in [0.29, 0.717) is 30.6 Å². The smallest absolute Gasteiger partial charge is 0.266 e. The lowest BCUT2D eigenvalue weighted by Crippen LogP contribution is -2.36. The van der Waals surface area contributed by atoms with Crippen molar-refractivity contribution < 1.29 is 4.79 Å². The monoisotopic (exact) mass is 386 g/mol. The number of carbonyl (C=O) groups is 1. The normalized spacial score (nSPS) is 12.7. The van der Waals surface area contributed by atoms with Gasteiger partial charge in [0.15, 0.2) is 0 Å². The molecule has 1 aromatic carbocycles. The van der Waals surface area contributed by atoms with Gasteiger partial charge < -0.3 is 15.6 Å². The minimum atomic E-state index is -0.377. The second kappa shape index (κ2) is 8.28. The molecular weight excluding hydrogens is 364 g/mol. The maximum atomic E-state index is 12.8. The lowest BCUT2D eigenvalue weighted by Gasteiger charge is -2.30. The number of nitriles is 1. The number of aryl methyl sites for hydroxylation is 1. The molecule has 1 aromatic heterocycles. The molecule has 1 aliphatic heterocycles. The van der Waals surface area contributed by atoms with Gasteiger partial charge in [-0.3, -0.25) is 9.59 Å². The largest absolute Gasteiger partial charge is 0.398 e. The Morgan fingerprint density at radius 2 is 2.11 bits per heavy atom. The molecule has 0 saturated heterocycles. The Bertz CT molecular complexity index is 975. The fourth-order valence-electron chi connectivity index (χ4n) is 3.70. The van der Waals surface area contributed by atoms with Gasteiger partial charge in [0.2, 0.25) is 5.91 Å². The van der Waals surface area contributed by atoms with Crippen LogP contribution >= 0.6 is 12.4 Å². The molecule has 0 atom stereocenters. The number of nitrogens with zero attached hydrogens (tertiary/aromatic N) is 2. The van der Waals surface area contributed by atoms with Crippen molar-refractivity contribution in [2.24, 2.45) is 0 Å². The summed E-state index contributed by atoms with van der Waals surface area (Å²) in [5, 5.41) is 9.17. The highest BCUT2D eigenvalue weighted by Gasteiger charge is 2.24. The summed E-state index contributed by atoms with van der Waals surface area (Å²) in [5.74, 6) is 0.0278.